The van der Waals surface area contributed by atoms with E-state index in [0.717, 1.165) is 0 Å². The molecule has 2 heterocycles. The van der Waals surface area contributed by atoms with E-state index in [1.807, 2.05) is 6.92 Å². The van der Waals surface area contributed by atoms with Gasteiger partial charge in [0.05, 0.1) is 18.8 Å². The van der Waals surface area contributed by atoms with Gasteiger partial charge in [-0.25, -0.2) is 4.79 Å². The molecule has 2 amide bonds. The van der Waals surface area contributed by atoms with Crippen molar-refractivity contribution < 1.29 is 18.7 Å². The Kier molecular flexibility index (Phi) is 5.35. The molecule has 0 saturated carbocycles. The number of aliphatic imine (C=N–C) groups is 1. The predicted octanol–water partition coefficient (Wildman–Crippen LogP) is 2.28. The lowest BCUT2D eigenvalue weighted by Crippen LogP contribution is -2.37. The van der Waals surface area contributed by atoms with Gasteiger partial charge in [-0.1, -0.05) is 11.8 Å². The van der Waals surface area contributed by atoms with Gasteiger partial charge < -0.3 is 14.5 Å². The van der Waals surface area contributed by atoms with Crippen LogP contribution in [-0.2, 0) is 16.1 Å². The molecule has 2 rings (SSSR count). The molecule has 1 aliphatic rings. The van der Waals surface area contributed by atoms with E-state index in [4.69, 9.17) is 9.15 Å². The van der Waals surface area contributed by atoms with Gasteiger partial charge in [-0.15, -0.1) is 0 Å². The third-order valence-corrected chi connectivity index (χ3v) is 4.17. The van der Waals surface area contributed by atoms with E-state index in [1.165, 1.54) is 11.8 Å². The van der Waals surface area contributed by atoms with Crippen LogP contribution in [0.3, 0.4) is 0 Å². The van der Waals surface area contributed by atoms with Crippen molar-refractivity contribution in [1.29, 1.82) is 0 Å². The van der Waals surface area contributed by atoms with Crippen LogP contribution in [0.2, 0.25) is 0 Å². The summed E-state index contributed by atoms with van der Waals surface area (Å²) in [5.74, 6) is 0.533. The number of amides is 2. The van der Waals surface area contributed by atoms with Gasteiger partial charge in [0, 0.05) is 0 Å². The highest BCUT2D eigenvalue weighted by Gasteiger charge is 2.34. The Morgan fingerprint density at radius 1 is 1.43 bits per heavy atom. The minimum atomic E-state index is -0.584. The highest BCUT2D eigenvalue weighted by molar-refractivity contribution is 8.15. The van der Waals surface area contributed by atoms with Crippen LogP contribution in [0.1, 0.15) is 33.5 Å². The summed E-state index contributed by atoms with van der Waals surface area (Å²) in [6, 6.07) is 3.32. The standard InChI is InChI=1S/C15H21N3O4S/c1-9-11(12(19)16-8-10-6-5-7-21-10)23-13(17-9)18-14(20)22-15(2,3)4/h5-7,9,11H,8H2,1-4H3,(H,16,19)(H,17,18,20). The number of carbonyl (C=O) groups is 2. The Balaban J connectivity index is 1.83. The number of carbonyl (C=O) groups excluding carboxylic acids is 2. The minimum Gasteiger partial charge on any atom is -0.467 e. The first kappa shape index (κ1) is 17.4. The van der Waals surface area contributed by atoms with E-state index in [9.17, 15) is 9.59 Å². The molecule has 0 bridgehead atoms. The molecule has 2 N–H and O–H groups in total. The van der Waals surface area contributed by atoms with Gasteiger partial charge in [0.25, 0.3) is 0 Å². The van der Waals surface area contributed by atoms with Crippen LogP contribution in [0.25, 0.3) is 0 Å². The number of hydrogen-bond donors (Lipinski definition) is 2. The van der Waals surface area contributed by atoms with Crippen LogP contribution >= 0.6 is 11.8 Å². The van der Waals surface area contributed by atoms with Crippen LogP contribution in [0.5, 0.6) is 0 Å². The third-order valence-electron chi connectivity index (χ3n) is 2.88. The molecule has 7 nitrogen and oxygen atoms in total. The lowest BCUT2D eigenvalue weighted by atomic mass is 10.2. The van der Waals surface area contributed by atoms with Crippen molar-refractivity contribution in [3.05, 3.63) is 24.2 Å². The number of nitrogens with one attached hydrogen (secondary N) is 2. The Morgan fingerprint density at radius 2 is 2.17 bits per heavy atom. The summed E-state index contributed by atoms with van der Waals surface area (Å²) in [5, 5.41) is 5.37. The molecule has 0 radical (unpaired) electrons. The van der Waals surface area contributed by atoms with E-state index in [-0.39, 0.29) is 11.9 Å². The van der Waals surface area contributed by atoms with E-state index >= 15 is 0 Å². The normalized spacial score (nSPS) is 20.8. The van der Waals surface area contributed by atoms with E-state index in [0.29, 0.717) is 17.5 Å². The predicted molar refractivity (Wildman–Crippen MR) is 88.2 cm³/mol. The molecule has 2 unspecified atom stereocenters. The summed E-state index contributed by atoms with van der Waals surface area (Å²) in [6.45, 7) is 7.50. The van der Waals surface area contributed by atoms with Crippen LogP contribution in [0, 0.1) is 0 Å². The fourth-order valence-electron chi connectivity index (χ4n) is 1.92. The second-order valence-electron chi connectivity index (χ2n) is 6.14. The monoisotopic (exact) mass is 339 g/mol. The zero-order chi connectivity index (χ0) is 17.0. The van der Waals surface area contributed by atoms with Crippen molar-refractivity contribution in [2.24, 2.45) is 4.99 Å². The molecule has 1 aromatic heterocycles. The first-order valence-electron chi connectivity index (χ1n) is 7.29. The molecule has 0 aliphatic carbocycles. The Bertz CT molecular complexity index is 592. The molecule has 0 fully saturated rings. The third kappa shape index (κ3) is 5.31. The number of rotatable bonds is 3. The smallest absolute Gasteiger partial charge is 0.413 e. The van der Waals surface area contributed by atoms with Crippen molar-refractivity contribution in [2.75, 3.05) is 0 Å². The van der Waals surface area contributed by atoms with Crippen LogP contribution < -0.4 is 10.6 Å². The number of hydrogen-bond acceptors (Lipinski definition) is 6. The van der Waals surface area contributed by atoms with Crippen LogP contribution in [0.4, 0.5) is 4.79 Å². The van der Waals surface area contributed by atoms with Gasteiger partial charge in [0.15, 0.2) is 5.17 Å². The van der Waals surface area contributed by atoms with Crippen molar-refractivity contribution in [2.45, 2.75) is 51.1 Å². The van der Waals surface area contributed by atoms with Crippen LogP contribution in [-0.4, -0.2) is 34.1 Å². The lowest BCUT2D eigenvalue weighted by Gasteiger charge is -2.19. The molecule has 0 aromatic carbocycles. The number of furan rings is 1. The number of thioether (sulfide) groups is 1. The second-order valence-corrected chi connectivity index (χ2v) is 7.27. The fraction of sp³-hybridized carbons (Fsp3) is 0.533. The molecule has 2 atom stereocenters. The molecular formula is C15H21N3O4S. The van der Waals surface area contributed by atoms with E-state index in [2.05, 4.69) is 15.6 Å². The van der Waals surface area contributed by atoms with Crippen molar-refractivity contribution in [3.63, 3.8) is 0 Å². The number of ether oxygens (including phenoxy) is 1. The Labute approximate surface area is 139 Å². The van der Waals surface area contributed by atoms with Crippen molar-refractivity contribution in [3.8, 4) is 0 Å². The maximum Gasteiger partial charge on any atom is 0.413 e. The molecule has 23 heavy (non-hydrogen) atoms. The Morgan fingerprint density at radius 3 is 2.78 bits per heavy atom. The Hall–Kier alpha value is -1.96. The highest BCUT2D eigenvalue weighted by Crippen LogP contribution is 2.26. The van der Waals surface area contributed by atoms with Crippen molar-refractivity contribution >= 4 is 28.9 Å². The molecule has 1 aliphatic heterocycles. The van der Waals surface area contributed by atoms with Crippen molar-refractivity contribution in [1.82, 2.24) is 10.6 Å². The number of alkyl carbamates (subject to hydrolysis) is 1. The fourth-order valence-corrected chi connectivity index (χ4v) is 2.97. The SMILES string of the molecule is CC1N=C(NC(=O)OC(C)(C)C)SC1C(=O)NCc1ccco1. The average Bonchev–Trinajstić information content (AvgIpc) is 3.03. The number of amidine groups is 1. The maximum atomic E-state index is 12.2. The molecule has 1 aromatic rings. The number of nitrogens with zero attached hydrogens (tertiary/aromatic N) is 1. The zero-order valence-corrected chi connectivity index (χ0v) is 14.4. The molecule has 0 saturated heterocycles. The first-order valence-corrected chi connectivity index (χ1v) is 8.17. The first-order chi connectivity index (χ1) is 10.7. The van der Waals surface area contributed by atoms with E-state index in [1.54, 1.807) is 39.2 Å². The molecule has 0 spiro atoms. The summed E-state index contributed by atoms with van der Waals surface area (Å²) in [4.78, 5) is 28.2. The van der Waals surface area contributed by atoms with Gasteiger partial charge in [0.1, 0.15) is 16.6 Å². The van der Waals surface area contributed by atoms with E-state index < -0.39 is 16.9 Å². The molecule has 8 heteroatoms. The summed E-state index contributed by atoms with van der Waals surface area (Å²) in [6.07, 6.45) is 0.980. The minimum absolute atomic E-state index is 0.149. The summed E-state index contributed by atoms with van der Waals surface area (Å²) >= 11 is 1.21. The maximum absolute atomic E-state index is 12.2. The largest absolute Gasteiger partial charge is 0.467 e. The molecular weight excluding hydrogens is 318 g/mol. The van der Waals surface area contributed by atoms with Gasteiger partial charge in [0.2, 0.25) is 5.91 Å². The summed E-state index contributed by atoms with van der Waals surface area (Å²) in [7, 11) is 0. The second kappa shape index (κ2) is 7.08. The zero-order valence-electron chi connectivity index (χ0n) is 13.6. The quantitative estimate of drug-likeness (QED) is 0.881. The average molecular weight is 339 g/mol. The summed E-state index contributed by atoms with van der Waals surface area (Å²) in [5.41, 5.74) is -0.584. The van der Waals surface area contributed by atoms with Gasteiger partial charge in [-0.2, -0.15) is 0 Å². The van der Waals surface area contributed by atoms with Crippen LogP contribution in [0.15, 0.2) is 27.8 Å². The van der Waals surface area contributed by atoms with Gasteiger partial charge in [-0.3, -0.25) is 15.1 Å². The summed E-state index contributed by atoms with van der Waals surface area (Å²) < 4.78 is 10.3. The lowest BCUT2D eigenvalue weighted by molar-refractivity contribution is -0.121. The molecule has 126 valence electrons. The topological polar surface area (TPSA) is 92.9 Å². The highest BCUT2D eigenvalue weighted by atomic mass is 32.2. The van der Waals surface area contributed by atoms with Gasteiger partial charge >= 0.3 is 6.09 Å². The van der Waals surface area contributed by atoms with Gasteiger partial charge in [-0.05, 0) is 39.8 Å².